The molecule has 0 aliphatic rings. The average molecular weight is 164 g/mol. The molecule has 11 heavy (non-hydrogen) atoms. The van der Waals surface area contributed by atoms with Crippen LogP contribution < -0.4 is 0 Å². The zero-order chi connectivity index (χ0) is 9.02. The Bertz CT molecular complexity index is 90.6. The van der Waals surface area contributed by atoms with E-state index in [1.807, 2.05) is 0 Å². The Morgan fingerprint density at radius 2 is 1.09 bits per heavy atom. The molecule has 0 saturated carbocycles. The molecule has 0 fully saturated rings. The van der Waals surface area contributed by atoms with Crippen LogP contribution in [0.15, 0.2) is 0 Å². The van der Waals surface area contributed by atoms with Gasteiger partial charge in [0.05, 0.1) is 0 Å². The molecular formula is C7H16O4. The Morgan fingerprint density at radius 3 is 1.27 bits per heavy atom. The van der Waals surface area contributed by atoms with E-state index in [1.54, 1.807) is 13.8 Å². The fraction of sp³-hybridized carbons (Fsp3) is 1.00. The lowest BCUT2D eigenvalue weighted by Crippen LogP contribution is -2.24. The maximum atomic E-state index is 8.64. The highest BCUT2D eigenvalue weighted by atomic mass is 16.5. The molecule has 0 aromatic heterocycles. The molecule has 0 amide bonds. The van der Waals surface area contributed by atoms with Crippen molar-refractivity contribution in [2.24, 2.45) is 11.8 Å². The summed E-state index contributed by atoms with van der Waals surface area (Å²) >= 11 is 0. The summed E-state index contributed by atoms with van der Waals surface area (Å²) in [5.74, 6) is -0.654. The number of aliphatic hydroxyl groups excluding tert-OH is 2. The molecule has 0 heterocycles. The molecule has 4 N–H and O–H groups in total. The SMILES string of the molecule is CC(CC(C)C(O)O)C(O)O. The fourth-order valence-corrected chi connectivity index (χ4v) is 0.830. The molecular weight excluding hydrogens is 148 g/mol. The Morgan fingerprint density at radius 1 is 0.818 bits per heavy atom. The summed E-state index contributed by atoms with van der Waals surface area (Å²) in [6, 6.07) is 0. The summed E-state index contributed by atoms with van der Waals surface area (Å²) in [7, 11) is 0. The summed E-state index contributed by atoms with van der Waals surface area (Å²) in [5, 5.41) is 34.6. The molecule has 0 aromatic carbocycles. The summed E-state index contributed by atoms with van der Waals surface area (Å²) in [6.07, 6.45) is -2.37. The van der Waals surface area contributed by atoms with Crippen molar-refractivity contribution in [3.63, 3.8) is 0 Å². The minimum atomic E-state index is -1.38. The first kappa shape index (κ1) is 10.8. The summed E-state index contributed by atoms with van der Waals surface area (Å²) in [4.78, 5) is 0. The van der Waals surface area contributed by atoms with Crippen LogP contribution in [-0.2, 0) is 0 Å². The lowest BCUT2D eigenvalue weighted by molar-refractivity contribution is -0.113. The number of aliphatic hydroxyl groups is 4. The van der Waals surface area contributed by atoms with Crippen LogP contribution in [0.5, 0.6) is 0 Å². The van der Waals surface area contributed by atoms with Gasteiger partial charge in [-0.3, -0.25) is 0 Å². The second-order valence-electron chi connectivity index (χ2n) is 3.02. The normalized spacial score (nSPS) is 17.5. The highest BCUT2D eigenvalue weighted by Gasteiger charge is 2.18. The fourth-order valence-electron chi connectivity index (χ4n) is 0.830. The van der Waals surface area contributed by atoms with Gasteiger partial charge in [0.25, 0.3) is 0 Å². The molecule has 4 heteroatoms. The maximum Gasteiger partial charge on any atom is 0.154 e. The van der Waals surface area contributed by atoms with E-state index >= 15 is 0 Å². The van der Waals surface area contributed by atoms with Gasteiger partial charge in [-0.05, 0) is 6.42 Å². The first-order chi connectivity index (χ1) is 4.95. The van der Waals surface area contributed by atoms with Gasteiger partial charge in [-0.25, -0.2) is 0 Å². The van der Waals surface area contributed by atoms with Gasteiger partial charge >= 0.3 is 0 Å². The predicted octanol–water partition coefficient (Wildman–Crippen LogP) is -0.730. The summed E-state index contributed by atoms with van der Waals surface area (Å²) in [6.45, 7) is 3.28. The Labute approximate surface area is 66.1 Å². The van der Waals surface area contributed by atoms with Crippen molar-refractivity contribution in [3.8, 4) is 0 Å². The molecule has 68 valence electrons. The van der Waals surface area contributed by atoms with E-state index in [2.05, 4.69) is 0 Å². The molecule has 0 radical (unpaired) electrons. The molecule has 4 nitrogen and oxygen atoms in total. The Hall–Kier alpha value is -0.160. The lowest BCUT2D eigenvalue weighted by atomic mass is 9.96. The monoisotopic (exact) mass is 164 g/mol. The third-order valence-corrected chi connectivity index (χ3v) is 1.76. The van der Waals surface area contributed by atoms with Gasteiger partial charge in [0.15, 0.2) is 12.6 Å². The van der Waals surface area contributed by atoms with Crippen LogP contribution in [-0.4, -0.2) is 33.0 Å². The highest BCUT2D eigenvalue weighted by molar-refractivity contribution is 4.61. The lowest BCUT2D eigenvalue weighted by Gasteiger charge is -2.19. The zero-order valence-electron chi connectivity index (χ0n) is 6.81. The van der Waals surface area contributed by atoms with Gasteiger partial charge in [0, 0.05) is 11.8 Å². The quantitative estimate of drug-likeness (QED) is 0.413. The molecule has 0 aliphatic carbocycles. The first-order valence-electron chi connectivity index (χ1n) is 3.67. The third-order valence-electron chi connectivity index (χ3n) is 1.76. The molecule has 0 aromatic rings. The van der Waals surface area contributed by atoms with Crippen molar-refractivity contribution in [1.82, 2.24) is 0 Å². The van der Waals surface area contributed by atoms with Crippen molar-refractivity contribution in [2.45, 2.75) is 32.8 Å². The maximum absolute atomic E-state index is 8.64. The molecule has 0 aliphatic heterocycles. The van der Waals surface area contributed by atoms with Gasteiger partial charge in [-0.2, -0.15) is 0 Å². The minimum absolute atomic E-state index is 0.327. The van der Waals surface area contributed by atoms with Crippen molar-refractivity contribution >= 4 is 0 Å². The average Bonchev–Trinajstić information content (AvgIpc) is 1.87. The minimum Gasteiger partial charge on any atom is -0.368 e. The predicted molar refractivity (Wildman–Crippen MR) is 39.4 cm³/mol. The topological polar surface area (TPSA) is 80.9 Å². The van der Waals surface area contributed by atoms with Crippen LogP contribution in [0.25, 0.3) is 0 Å². The molecule has 0 rings (SSSR count). The van der Waals surface area contributed by atoms with Crippen LogP contribution in [0, 0.1) is 11.8 Å². The van der Waals surface area contributed by atoms with E-state index in [-0.39, 0.29) is 11.8 Å². The molecule has 0 saturated heterocycles. The Kier molecular flexibility index (Phi) is 4.60. The van der Waals surface area contributed by atoms with Gasteiger partial charge in [-0.1, -0.05) is 13.8 Å². The van der Waals surface area contributed by atoms with Gasteiger partial charge in [0.1, 0.15) is 0 Å². The zero-order valence-corrected chi connectivity index (χ0v) is 6.81. The van der Waals surface area contributed by atoms with Crippen molar-refractivity contribution < 1.29 is 20.4 Å². The van der Waals surface area contributed by atoms with Gasteiger partial charge in [0.2, 0.25) is 0 Å². The van der Waals surface area contributed by atoms with Gasteiger partial charge in [-0.15, -0.1) is 0 Å². The van der Waals surface area contributed by atoms with Crippen LogP contribution in [0.2, 0.25) is 0 Å². The number of rotatable bonds is 4. The van der Waals surface area contributed by atoms with E-state index in [0.717, 1.165) is 0 Å². The van der Waals surface area contributed by atoms with E-state index in [9.17, 15) is 0 Å². The van der Waals surface area contributed by atoms with Crippen LogP contribution in [0.4, 0.5) is 0 Å². The van der Waals surface area contributed by atoms with Crippen LogP contribution in [0.3, 0.4) is 0 Å². The van der Waals surface area contributed by atoms with Gasteiger partial charge < -0.3 is 20.4 Å². The van der Waals surface area contributed by atoms with Crippen LogP contribution in [0.1, 0.15) is 20.3 Å². The summed E-state index contributed by atoms with van der Waals surface area (Å²) in [5.41, 5.74) is 0. The molecule has 2 atom stereocenters. The van der Waals surface area contributed by atoms with E-state index < -0.39 is 12.6 Å². The molecule has 2 unspecified atom stereocenters. The van der Waals surface area contributed by atoms with E-state index in [4.69, 9.17) is 20.4 Å². The molecule has 0 spiro atoms. The first-order valence-corrected chi connectivity index (χ1v) is 3.67. The van der Waals surface area contributed by atoms with Crippen molar-refractivity contribution in [1.29, 1.82) is 0 Å². The second kappa shape index (κ2) is 4.66. The standard InChI is InChI=1S/C7H16O4/c1-4(6(8)9)3-5(2)7(10)11/h4-11H,3H2,1-2H3. The Balaban J connectivity index is 3.66. The summed E-state index contributed by atoms with van der Waals surface area (Å²) < 4.78 is 0. The van der Waals surface area contributed by atoms with E-state index in [0.29, 0.717) is 6.42 Å². The van der Waals surface area contributed by atoms with E-state index in [1.165, 1.54) is 0 Å². The van der Waals surface area contributed by atoms with Crippen molar-refractivity contribution in [3.05, 3.63) is 0 Å². The number of hydrogen-bond donors (Lipinski definition) is 4. The largest absolute Gasteiger partial charge is 0.368 e. The second-order valence-corrected chi connectivity index (χ2v) is 3.02. The smallest absolute Gasteiger partial charge is 0.154 e. The molecule has 0 bridgehead atoms. The highest BCUT2D eigenvalue weighted by Crippen LogP contribution is 2.15. The van der Waals surface area contributed by atoms with Crippen LogP contribution >= 0.6 is 0 Å². The third kappa shape index (κ3) is 4.31. The van der Waals surface area contributed by atoms with Crippen molar-refractivity contribution in [2.75, 3.05) is 0 Å². The number of hydrogen-bond acceptors (Lipinski definition) is 4.